The van der Waals surface area contributed by atoms with Gasteiger partial charge >= 0.3 is 0 Å². The van der Waals surface area contributed by atoms with Crippen molar-refractivity contribution in [3.8, 4) is 0 Å². The number of fused-ring (bicyclic) bond motifs is 1. The lowest BCUT2D eigenvalue weighted by molar-refractivity contribution is 0.439. The quantitative estimate of drug-likeness (QED) is 0.800. The third kappa shape index (κ3) is 2.51. The fourth-order valence-electron chi connectivity index (χ4n) is 1.43. The zero-order valence-corrected chi connectivity index (χ0v) is 10.2. The number of anilines is 1. The van der Waals surface area contributed by atoms with Gasteiger partial charge in [0.1, 0.15) is 11.8 Å². The largest absolute Gasteiger partial charge is 0.368 e. The van der Waals surface area contributed by atoms with E-state index in [1.54, 1.807) is 0 Å². The number of nitrogens with zero attached hydrogens (tertiary/aromatic N) is 3. The summed E-state index contributed by atoms with van der Waals surface area (Å²) in [6.07, 6.45) is 0.741. The minimum Gasteiger partial charge on any atom is -0.368 e. The predicted molar refractivity (Wildman–Crippen MR) is 64.1 cm³/mol. The molecule has 0 radical (unpaired) electrons. The highest BCUT2D eigenvalue weighted by molar-refractivity contribution is 5.81. The van der Waals surface area contributed by atoms with Gasteiger partial charge in [-0.2, -0.15) is 9.37 Å². The van der Waals surface area contributed by atoms with E-state index >= 15 is 0 Å². The topological polar surface area (TPSA) is 66.5 Å². The molecule has 17 heavy (non-hydrogen) atoms. The van der Waals surface area contributed by atoms with Gasteiger partial charge in [0.05, 0.1) is 0 Å². The summed E-state index contributed by atoms with van der Waals surface area (Å²) in [6.45, 7) is 7.27. The third-order valence-corrected chi connectivity index (χ3v) is 2.99. The Bertz CT molecular complexity index is 508. The second-order valence-electron chi connectivity index (χ2n) is 4.55. The Morgan fingerprint density at radius 2 is 2.12 bits per heavy atom. The van der Waals surface area contributed by atoms with Crippen LogP contribution in [0.2, 0.25) is 0 Å². The van der Waals surface area contributed by atoms with Crippen molar-refractivity contribution in [3.63, 3.8) is 0 Å². The zero-order valence-electron chi connectivity index (χ0n) is 10.2. The van der Waals surface area contributed by atoms with Crippen molar-refractivity contribution < 1.29 is 4.39 Å². The van der Waals surface area contributed by atoms with Gasteiger partial charge in [0.2, 0.25) is 0 Å². The van der Waals surface area contributed by atoms with Gasteiger partial charge in [-0.1, -0.05) is 20.8 Å². The molecule has 2 N–H and O–H groups in total. The van der Waals surface area contributed by atoms with Gasteiger partial charge in [0.25, 0.3) is 6.08 Å². The van der Waals surface area contributed by atoms with Crippen molar-refractivity contribution >= 4 is 17.0 Å². The summed E-state index contributed by atoms with van der Waals surface area (Å²) < 4.78 is 13.0. The summed E-state index contributed by atoms with van der Waals surface area (Å²) in [7, 11) is 0. The molecule has 0 bridgehead atoms. The van der Waals surface area contributed by atoms with E-state index in [2.05, 4.69) is 46.0 Å². The molecule has 6 heteroatoms. The van der Waals surface area contributed by atoms with Crippen LogP contribution in [0, 0.1) is 17.9 Å². The summed E-state index contributed by atoms with van der Waals surface area (Å²) in [5.41, 5.74) is 0.859. The smallest absolute Gasteiger partial charge is 0.289 e. The first kappa shape index (κ1) is 11.8. The third-order valence-electron chi connectivity index (χ3n) is 2.99. The first-order chi connectivity index (χ1) is 8.08. The lowest BCUT2D eigenvalue weighted by Crippen LogP contribution is -2.17. The molecular formula is C11H16FN5. The van der Waals surface area contributed by atoms with E-state index in [9.17, 15) is 4.39 Å². The lowest BCUT2D eigenvalue weighted by atomic mass is 9.98. The fourth-order valence-corrected chi connectivity index (χ4v) is 1.43. The molecule has 0 saturated heterocycles. The number of imidazole rings is 1. The summed E-state index contributed by atoms with van der Waals surface area (Å²) in [6, 6.07) is 0. The minimum absolute atomic E-state index is 0.345. The molecule has 0 spiro atoms. The number of aromatic amines is 1. The Balaban J connectivity index is 2.18. The standard InChI is InChI=1S/C11H16FN5/c1-6(2)7(3)4-13-9-8-10(15-5-14-9)17-11(12)16-8/h5-7H,4H2,1-3H3,(H2,13,14,15,16,17)/t7-/m0/s1. The summed E-state index contributed by atoms with van der Waals surface area (Å²) in [5, 5.41) is 3.19. The van der Waals surface area contributed by atoms with Crippen LogP contribution >= 0.6 is 0 Å². The molecule has 92 valence electrons. The van der Waals surface area contributed by atoms with Gasteiger partial charge in [-0.25, -0.2) is 9.97 Å². The average Bonchev–Trinajstić information content (AvgIpc) is 2.66. The van der Waals surface area contributed by atoms with E-state index in [1.807, 2.05) is 0 Å². The van der Waals surface area contributed by atoms with Gasteiger partial charge in [0.15, 0.2) is 11.5 Å². The summed E-state index contributed by atoms with van der Waals surface area (Å²) in [4.78, 5) is 14.1. The van der Waals surface area contributed by atoms with Crippen LogP contribution < -0.4 is 5.32 Å². The first-order valence-electron chi connectivity index (χ1n) is 5.68. The van der Waals surface area contributed by atoms with Crippen LogP contribution in [0.3, 0.4) is 0 Å². The molecule has 0 amide bonds. The highest BCUT2D eigenvalue weighted by atomic mass is 19.1. The number of H-pyrrole nitrogens is 1. The lowest BCUT2D eigenvalue weighted by Gasteiger charge is -2.16. The van der Waals surface area contributed by atoms with Gasteiger partial charge in [-0.3, -0.25) is 0 Å². The Labute approximate surface area is 98.9 Å². The molecular weight excluding hydrogens is 221 g/mol. The van der Waals surface area contributed by atoms with E-state index in [0.29, 0.717) is 28.8 Å². The molecule has 0 aliphatic carbocycles. The predicted octanol–water partition coefficient (Wildman–Crippen LogP) is 2.20. The van der Waals surface area contributed by atoms with Crippen LogP contribution in [-0.2, 0) is 0 Å². The Kier molecular flexibility index (Phi) is 3.21. The van der Waals surface area contributed by atoms with Gasteiger partial charge in [-0.05, 0) is 11.8 Å². The molecule has 2 aromatic rings. The van der Waals surface area contributed by atoms with Crippen LogP contribution in [0.1, 0.15) is 20.8 Å². The van der Waals surface area contributed by atoms with Gasteiger partial charge < -0.3 is 10.3 Å². The molecule has 2 rings (SSSR count). The average molecular weight is 237 g/mol. The summed E-state index contributed by atoms with van der Waals surface area (Å²) in [5.74, 6) is 1.69. The zero-order chi connectivity index (χ0) is 12.4. The maximum Gasteiger partial charge on any atom is 0.289 e. The van der Waals surface area contributed by atoms with Crippen molar-refractivity contribution in [3.05, 3.63) is 12.4 Å². The molecule has 0 aliphatic heterocycles. The van der Waals surface area contributed by atoms with Crippen molar-refractivity contribution in [1.29, 1.82) is 0 Å². The molecule has 0 unspecified atom stereocenters. The van der Waals surface area contributed by atoms with Gasteiger partial charge in [-0.15, -0.1) is 0 Å². The minimum atomic E-state index is -0.638. The molecule has 0 fully saturated rings. The molecule has 2 aromatic heterocycles. The Hall–Kier alpha value is -1.72. The molecule has 2 heterocycles. The van der Waals surface area contributed by atoms with Crippen LogP contribution in [0.5, 0.6) is 0 Å². The fraction of sp³-hybridized carbons (Fsp3) is 0.545. The van der Waals surface area contributed by atoms with Gasteiger partial charge in [0, 0.05) is 6.54 Å². The molecule has 1 atom stereocenters. The number of halogens is 1. The first-order valence-corrected chi connectivity index (χ1v) is 5.68. The second-order valence-corrected chi connectivity index (χ2v) is 4.55. The number of rotatable bonds is 4. The van der Waals surface area contributed by atoms with Crippen molar-refractivity contribution in [2.45, 2.75) is 20.8 Å². The second kappa shape index (κ2) is 4.65. The van der Waals surface area contributed by atoms with E-state index in [0.717, 1.165) is 6.54 Å². The maximum absolute atomic E-state index is 13.0. The highest BCUT2D eigenvalue weighted by Gasteiger charge is 2.11. The number of aromatic nitrogens is 4. The van der Waals surface area contributed by atoms with E-state index in [1.165, 1.54) is 6.33 Å². The van der Waals surface area contributed by atoms with Crippen LogP contribution in [0.4, 0.5) is 10.2 Å². The number of hydrogen-bond acceptors (Lipinski definition) is 4. The number of hydrogen-bond donors (Lipinski definition) is 2. The monoisotopic (exact) mass is 237 g/mol. The van der Waals surface area contributed by atoms with E-state index < -0.39 is 6.08 Å². The summed E-state index contributed by atoms with van der Waals surface area (Å²) >= 11 is 0. The maximum atomic E-state index is 13.0. The Morgan fingerprint density at radius 3 is 2.82 bits per heavy atom. The molecule has 0 aliphatic rings. The normalized spacial score (nSPS) is 13.2. The van der Waals surface area contributed by atoms with Crippen molar-refractivity contribution in [2.75, 3.05) is 11.9 Å². The molecule has 5 nitrogen and oxygen atoms in total. The highest BCUT2D eigenvalue weighted by Crippen LogP contribution is 2.17. The molecule has 0 saturated carbocycles. The van der Waals surface area contributed by atoms with Crippen molar-refractivity contribution in [2.24, 2.45) is 11.8 Å². The Morgan fingerprint density at radius 1 is 1.35 bits per heavy atom. The van der Waals surface area contributed by atoms with Crippen LogP contribution in [0.25, 0.3) is 11.2 Å². The van der Waals surface area contributed by atoms with Crippen LogP contribution in [0.15, 0.2) is 6.33 Å². The number of nitrogens with one attached hydrogen (secondary N) is 2. The van der Waals surface area contributed by atoms with Crippen molar-refractivity contribution in [1.82, 2.24) is 19.9 Å². The SMILES string of the molecule is CC(C)[C@@H](C)CNc1ncnc2nc(F)[nH]c12. The van der Waals surface area contributed by atoms with E-state index in [-0.39, 0.29) is 0 Å². The van der Waals surface area contributed by atoms with Crippen LogP contribution in [-0.4, -0.2) is 26.5 Å². The molecule has 0 aromatic carbocycles. The van der Waals surface area contributed by atoms with E-state index in [4.69, 9.17) is 0 Å².